The molecule has 4 heteroatoms. The average molecular weight is 259 g/mol. The fraction of sp³-hybridized carbons (Fsp3) is 0.400. The molecule has 19 heavy (non-hydrogen) atoms. The molecule has 2 aromatic rings. The first-order chi connectivity index (χ1) is 9.15. The van der Waals surface area contributed by atoms with Crippen molar-refractivity contribution in [1.82, 2.24) is 9.78 Å². The van der Waals surface area contributed by atoms with E-state index >= 15 is 0 Å². The Balaban J connectivity index is 2.21. The minimum absolute atomic E-state index is 0.111. The Morgan fingerprint density at radius 1 is 1.32 bits per heavy atom. The summed E-state index contributed by atoms with van der Waals surface area (Å²) in [5, 5.41) is 4.29. The van der Waals surface area contributed by atoms with Crippen LogP contribution in [-0.4, -0.2) is 16.9 Å². The Hall–Kier alpha value is -1.81. The van der Waals surface area contributed by atoms with Gasteiger partial charge < -0.3 is 10.5 Å². The topological polar surface area (TPSA) is 53.1 Å². The van der Waals surface area contributed by atoms with Crippen LogP contribution in [-0.2, 0) is 13.0 Å². The number of aromatic nitrogens is 2. The maximum Gasteiger partial charge on any atom is 0.161 e. The highest BCUT2D eigenvalue weighted by Crippen LogP contribution is 2.26. The van der Waals surface area contributed by atoms with Crippen LogP contribution in [0.4, 0.5) is 0 Å². The van der Waals surface area contributed by atoms with Gasteiger partial charge in [0.1, 0.15) is 0 Å². The zero-order valence-corrected chi connectivity index (χ0v) is 11.8. The molecule has 0 amide bonds. The minimum atomic E-state index is -0.111. The molecule has 1 unspecified atom stereocenters. The van der Waals surface area contributed by atoms with Gasteiger partial charge in [0.25, 0.3) is 0 Å². The predicted molar refractivity (Wildman–Crippen MR) is 76.3 cm³/mol. The van der Waals surface area contributed by atoms with E-state index in [9.17, 15) is 0 Å². The number of methoxy groups -OCH3 is 1. The Bertz CT molecular complexity index is 509. The number of nitrogens with zero attached hydrogens (tertiary/aromatic N) is 2. The van der Waals surface area contributed by atoms with Gasteiger partial charge in [0.05, 0.1) is 25.0 Å². The predicted octanol–water partition coefficient (Wildman–Crippen LogP) is 2.46. The van der Waals surface area contributed by atoms with E-state index in [2.05, 4.69) is 43.2 Å². The lowest BCUT2D eigenvalue weighted by atomic mass is 10.0. The van der Waals surface area contributed by atoms with Gasteiger partial charge in [-0.1, -0.05) is 29.8 Å². The van der Waals surface area contributed by atoms with Crippen LogP contribution in [0, 0.1) is 6.92 Å². The summed E-state index contributed by atoms with van der Waals surface area (Å²) >= 11 is 0. The first kappa shape index (κ1) is 13.6. The second-order valence-electron chi connectivity index (χ2n) is 4.71. The van der Waals surface area contributed by atoms with Gasteiger partial charge in [0, 0.05) is 6.54 Å². The van der Waals surface area contributed by atoms with E-state index < -0.39 is 0 Å². The lowest BCUT2D eigenvalue weighted by Gasteiger charge is -2.15. The van der Waals surface area contributed by atoms with Gasteiger partial charge in [-0.2, -0.15) is 5.10 Å². The highest BCUT2D eigenvalue weighted by atomic mass is 16.5. The van der Waals surface area contributed by atoms with E-state index in [0.717, 1.165) is 24.4 Å². The van der Waals surface area contributed by atoms with Crippen molar-refractivity contribution in [3.8, 4) is 5.75 Å². The molecule has 1 aromatic carbocycles. The average Bonchev–Trinajstić information content (AvgIpc) is 2.84. The molecule has 0 aliphatic heterocycles. The van der Waals surface area contributed by atoms with Gasteiger partial charge in [0.15, 0.2) is 5.75 Å². The molecule has 0 bridgehead atoms. The van der Waals surface area contributed by atoms with Crippen LogP contribution >= 0.6 is 0 Å². The zero-order chi connectivity index (χ0) is 13.8. The monoisotopic (exact) mass is 259 g/mol. The van der Waals surface area contributed by atoms with Crippen molar-refractivity contribution in [2.75, 3.05) is 7.11 Å². The third-order valence-corrected chi connectivity index (χ3v) is 3.29. The van der Waals surface area contributed by atoms with Crippen molar-refractivity contribution in [2.45, 2.75) is 32.9 Å². The smallest absolute Gasteiger partial charge is 0.161 e. The first-order valence-electron chi connectivity index (χ1n) is 6.56. The van der Waals surface area contributed by atoms with E-state index in [4.69, 9.17) is 10.5 Å². The van der Waals surface area contributed by atoms with E-state index in [1.165, 1.54) is 11.1 Å². The summed E-state index contributed by atoms with van der Waals surface area (Å²) < 4.78 is 7.24. The van der Waals surface area contributed by atoms with Crippen molar-refractivity contribution >= 4 is 0 Å². The van der Waals surface area contributed by atoms with Crippen molar-refractivity contribution < 1.29 is 4.74 Å². The second kappa shape index (κ2) is 5.89. The largest absolute Gasteiger partial charge is 0.493 e. The lowest BCUT2D eigenvalue weighted by molar-refractivity contribution is 0.401. The molecule has 0 saturated heterocycles. The standard InChI is InChI=1S/C15H21N3O/c1-4-18-15(14(19-3)10-17-18)13(16)9-12-7-5-11(2)6-8-12/h5-8,10,13H,4,9,16H2,1-3H3. The van der Waals surface area contributed by atoms with Gasteiger partial charge in [-0.3, -0.25) is 4.68 Å². The Morgan fingerprint density at radius 2 is 2.00 bits per heavy atom. The fourth-order valence-corrected chi connectivity index (χ4v) is 2.24. The van der Waals surface area contributed by atoms with E-state index in [1.54, 1.807) is 13.3 Å². The molecule has 0 aliphatic carbocycles. The molecule has 0 fully saturated rings. The number of hydrogen-bond donors (Lipinski definition) is 1. The maximum atomic E-state index is 6.32. The van der Waals surface area contributed by atoms with Crippen molar-refractivity contribution in [1.29, 1.82) is 0 Å². The van der Waals surface area contributed by atoms with Gasteiger partial charge in [-0.25, -0.2) is 0 Å². The van der Waals surface area contributed by atoms with Gasteiger partial charge in [0.2, 0.25) is 0 Å². The van der Waals surface area contributed by atoms with E-state index in [1.807, 2.05) is 4.68 Å². The minimum Gasteiger partial charge on any atom is -0.493 e. The summed E-state index contributed by atoms with van der Waals surface area (Å²) in [4.78, 5) is 0. The van der Waals surface area contributed by atoms with Crippen LogP contribution in [0.25, 0.3) is 0 Å². The molecule has 0 spiro atoms. The van der Waals surface area contributed by atoms with Crippen LogP contribution in [0.5, 0.6) is 5.75 Å². The van der Waals surface area contributed by atoms with Crippen molar-refractivity contribution in [3.63, 3.8) is 0 Å². The molecular formula is C15H21N3O. The molecule has 4 nitrogen and oxygen atoms in total. The number of ether oxygens (including phenoxy) is 1. The van der Waals surface area contributed by atoms with Crippen LogP contribution in [0.1, 0.15) is 29.8 Å². The molecule has 1 aromatic heterocycles. The molecule has 1 heterocycles. The van der Waals surface area contributed by atoms with Crippen LogP contribution in [0.2, 0.25) is 0 Å². The molecule has 0 saturated carbocycles. The second-order valence-corrected chi connectivity index (χ2v) is 4.71. The van der Waals surface area contributed by atoms with Gasteiger partial charge in [-0.15, -0.1) is 0 Å². The lowest BCUT2D eigenvalue weighted by Crippen LogP contribution is -2.19. The highest BCUT2D eigenvalue weighted by Gasteiger charge is 2.18. The molecule has 1 atom stereocenters. The Morgan fingerprint density at radius 3 is 2.58 bits per heavy atom. The van der Waals surface area contributed by atoms with Crippen molar-refractivity contribution in [2.24, 2.45) is 5.73 Å². The highest BCUT2D eigenvalue weighted by molar-refractivity contribution is 5.30. The summed E-state index contributed by atoms with van der Waals surface area (Å²) in [6.07, 6.45) is 2.51. The Labute approximate surface area is 114 Å². The van der Waals surface area contributed by atoms with Gasteiger partial charge in [-0.05, 0) is 25.8 Å². The molecular weight excluding hydrogens is 238 g/mol. The Kier molecular flexibility index (Phi) is 4.22. The molecule has 2 rings (SSSR count). The summed E-state index contributed by atoms with van der Waals surface area (Å²) in [6.45, 7) is 4.92. The third kappa shape index (κ3) is 2.96. The quantitative estimate of drug-likeness (QED) is 0.897. The number of benzene rings is 1. The van der Waals surface area contributed by atoms with E-state index in [0.29, 0.717) is 0 Å². The first-order valence-corrected chi connectivity index (χ1v) is 6.56. The van der Waals surface area contributed by atoms with Crippen LogP contribution in [0.15, 0.2) is 30.5 Å². The zero-order valence-electron chi connectivity index (χ0n) is 11.8. The molecule has 102 valence electrons. The summed E-state index contributed by atoms with van der Waals surface area (Å²) in [7, 11) is 1.65. The van der Waals surface area contributed by atoms with Gasteiger partial charge >= 0.3 is 0 Å². The maximum absolute atomic E-state index is 6.32. The van der Waals surface area contributed by atoms with Crippen LogP contribution < -0.4 is 10.5 Å². The number of aryl methyl sites for hydroxylation is 2. The summed E-state index contributed by atoms with van der Waals surface area (Å²) in [5.41, 5.74) is 9.77. The SMILES string of the molecule is CCn1ncc(OC)c1C(N)Cc1ccc(C)cc1. The fourth-order valence-electron chi connectivity index (χ4n) is 2.24. The number of hydrogen-bond acceptors (Lipinski definition) is 3. The van der Waals surface area contributed by atoms with Crippen molar-refractivity contribution in [3.05, 3.63) is 47.3 Å². The third-order valence-electron chi connectivity index (χ3n) is 3.29. The molecule has 0 aliphatic rings. The summed E-state index contributed by atoms with van der Waals surface area (Å²) in [6, 6.07) is 8.34. The summed E-state index contributed by atoms with van der Waals surface area (Å²) in [5.74, 6) is 0.765. The normalized spacial score (nSPS) is 12.4. The number of nitrogens with two attached hydrogens (primary N) is 1. The van der Waals surface area contributed by atoms with Crippen LogP contribution in [0.3, 0.4) is 0 Å². The number of rotatable bonds is 5. The van der Waals surface area contributed by atoms with E-state index in [-0.39, 0.29) is 6.04 Å². The molecule has 0 radical (unpaired) electrons. The molecule has 2 N–H and O–H groups in total.